The number of hydrogen-bond donors (Lipinski definition) is 1. The average Bonchev–Trinajstić information content (AvgIpc) is 3.07. The van der Waals surface area contributed by atoms with E-state index in [0.717, 1.165) is 5.56 Å². The Kier molecular flexibility index (Phi) is 4.03. The van der Waals surface area contributed by atoms with Crippen molar-refractivity contribution in [3.05, 3.63) is 53.0 Å². The molecular weight excluding hydrogens is 312 g/mol. The SMILES string of the molecule is COC(=O)C1=C(C)Nc2ncnn2C1c1ccc(C(=O)OC)cc1. The molecule has 0 spiro atoms. The third-order valence-corrected chi connectivity index (χ3v) is 3.85. The van der Waals surface area contributed by atoms with Gasteiger partial charge >= 0.3 is 11.9 Å². The van der Waals surface area contributed by atoms with Crippen LogP contribution in [0.5, 0.6) is 0 Å². The van der Waals surface area contributed by atoms with Crippen LogP contribution in [0.1, 0.15) is 28.9 Å². The van der Waals surface area contributed by atoms with Crippen LogP contribution in [0.3, 0.4) is 0 Å². The van der Waals surface area contributed by atoms with Gasteiger partial charge in [0.05, 0.1) is 25.4 Å². The molecule has 8 nitrogen and oxygen atoms in total. The molecule has 0 bridgehead atoms. The highest BCUT2D eigenvalue weighted by Crippen LogP contribution is 2.35. The molecule has 1 aromatic carbocycles. The fourth-order valence-corrected chi connectivity index (χ4v) is 2.69. The van der Waals surface area contributed by atoms with E-state index >= 15 is 0 Å². The molecule has 24 heavy (non-hydrogen) atoms. The van der Waals surface area contributed by atoms with E-state index in [2.05, 4.69) is 15.4 Å². The highest BCUT2D eigenvalue weighted by Gasteiger charge is 2.34. The summed E-state index contributed by atoms with van der Waals surface area (Å²) in [5.41, 5.74) is 2.27. The predicted octanol–water partition coefficient (Wildman–Crippen LogP) is 1.53. The lowest BCUT2D eigenvalue weighted by molar-refractivity contribution is -0.136. The third kappa shape index (κ3) is 2.51. The highest BCUT2D eigenvalue weighted by molar-refractivity contribution is 5.92. The Morgan fingerprint density at radius 2 is 1.79 bits per heavy atom. The van der Waals surface area contributed by atoms with Gasteiger partial charge in [-0.2, -0.15) is 10.1 Å². The van der Waals surface area contributed by atoms with Gasteiger partial charge in [0.1, 0.15) is 12.4 Å². The lowest BCUT2D eigenvalue weighted by atomic mass is 9.95. The minimum Gasteiger partial charge on any atom is -0.466 e. The second kappa shape index (κ2) is 6.15. The summed E-state index contributed by atoms with van der Waals surface area (Å²) in [7, 11) is 2.66. The van der Waals surface area contributed by atoms with Crippen molar-refractivity contribution in [1.29, 1.82) is 0 Å². The van der Waals surface area contributed by atoms with Crippen LogP contribution < -0.4 is 5.32 Å². The number of nitrogens with zero attached hydrogens (tertiary/aromatic N) is 3. The molecule has 1 N–H and O–H groups in total. The second-order valence-electron chi connectivity index (χ2n) is 5.20. The molecule has 0 fully saturated rings. The maximum Gasteiger partial charge on any atom is 0.338 e. The monoisotopic (exact) mass is 328 g/mol. The summed E-state index contributed by atoms with van der Waals surface area (Å²) in [4.78, 5) is 28.0. The van der Waals surface area contributed by atoms with Gasteiger partial charge in [-0.15, -0.1) is 0 Å². The van der Waals surface area contributed by atoms with Gasteiger partial charge in [-0.05, 0) is 24.6 Å². The molecule has 0 radical (unpaired) electrons. The Hall–Kier alpha value is -3.16. The van der Waals surface area contributed by atoms with Crippen molar-refractivity contribution in [1.82, 2.24) is 14.8 Å². The van der Waals surface area contributed by atoms with Crippen LogP contribution in [0.4, 0.5) is 5.95 Å². The lowest BCUT2D eigenvalue weighted by Gasteiger charge is -2.27. The summed E-state index contributed by atoms with van der Waals surface area (Å²) in [6.07, 6.45) is 1.41. The van der Waals surface area contributed by atoms with E-state index in [4.69, 9.17) is 9.47 Å². The highest BCUT2D eigenvalue weighted by atomic mass is 16.5. The maximum absolute atomic E-state index is 12.3. The number of allylic oxidation sites excluding steroid dienone is 1. The number of nitrogens with one attached hydrogen (secondary N) is 1. The molecule has 0 saturated heterocycles. The molecule has 1 atom stereocenters. The van der Waals surface area contributed by atoms with Gasteiger partial charge in [0, 0.05) is 5.70 Å². The van der Waals surface area contributed by atoms with Crippen molar-refractivity contribution < 1.29 is 19.1 Å². The summed E-state index contributed by atoms with van der Waals surface area (Å²) in [5.74, 6) is -0.349. The van der Waals surface area contributed by atoms with Crippen LogP contribution in [0, 0.1) is 0 Å². The fraction of sp³-hybridized carbons (Fsp3) is 0.250. The average molecular weight is 328 g/mol. The van der Waals surface area contributed by atoms with Crippen molar-refractivity contribution in [3.8, 4) is 0 Å². The molecule has 2 heterocycles. The van der Waals surface area contributed by atoms with Crippen LogP contribution in [0.15, 0.2) is 41.9 Å². The Morgan fingerprint density at radius 3 is 2.42 bits per heavy atom. The largest absolute Gasteiger partial charge is 0.466 e. The van der Waals surface area contributed by atoms with E-state index in [-0.39, 0.29) is 0 Å². The number of aromatic nitrogens is 3. The molecule has 8 heteroatoms. The van der Waals surface area contributed by atoms with Gasteiger partial charge in [0.15, 0.2) is 0 Å². The zero-order valence-electron chi connectivity index (χ0n) is 13.4. The number of hydrogen-bond acceptors (Lipinski definition) is 7. The van der Waals surface area contributed by atoms with Crippen molar-refractivity contribution in [2.45, 2.75) is 13.0 Å². The minimum absolute atomic E-state index is 0.423. The first kappa shape index (κ1) is 15.7. The first-order valence-corrected chi connectivity index (χ1v) is 7.20. The number of carbonyl (C=O) groups is 2. The van der Waals surface area contributed by atoms with Crippen molar-refractivity contribution in [2.75, 3.05) is 19.5 Å². The molecule has 0 aliphatic carbocycles. The Morgan fingerprint density at radius 1 is 1.12 bits per heavy atom. The smallest absolute Gasteiger partial charge is 0.338 e. The van der Waals surface area contributed by atoms with Gasteiger partial charge in [-0.1, -0.05) is 12.1 Å². The van der Waals surface area contributed by atoms with Crippen molar-refractivity contribution in [2.24, 2.45) is 0 Å². The molecule has 124 valence electrons. The maximum atomic E-state index is 12.3. The standard InChI is InChI=1S/C16H16N4O4/c1-9-12(15(22)24-3)13(20-16(19-9)17-8-18-20)10-4-6-11(7-5-10)14(21)23-2/h4-8,13H,1-3H3,(H,17,18,19). The van der Waals surface area contributed by atoms with Crippen LogP contribution in [0.2, 0.25) is 0 Å². The molecule has 0 amide bonds. The van der Waals surface area contributed by atoms with E-state index in [9.17, 15) is 9.59 Å². The van der Waals surface area contributed by atoms with Crippen molar-refractivity contribution >= 4 is 17.9 Å². The molecule has 1 aromatic heterocycles. The van der Waals surface area contributed by atoms with Crippen LogP contribution in [-0.2, 0) is 14.3 Å². The zero-order chi connectivity index (χ0) is 17.3. The fourth-order valence-electron chi connectivity index (χ4n) is 2.69. The van der Waals surface area contributed by atoms with Crippen LogP contribution >= 0.6 is 0 Å². The molecule has 0 saturated carbocycles. The quantitative estimate of drug-likeness (QED) is 0.854. The molecule has 2 aromatic rings. The summed E-state index contributed by atoms with van der Waals surface area (Å²) < 4.78 is 11.2. The number of rotatable bonds is 3. The van der Waals surface area contributed by atoms with E-state index in [1.54, 1.807) is 35.9 Å². The predicted molar refractivity (Wildman–Crippen MR) is 84.3 cm³/mol. The molecular formula is C16H16N4O4. The number of fused-ring (bicyclic) bond motifs is 1. The topological polar surface area (TPSA) is 95.3 Å². The molecule has 1 unspecified atom stereocenters. The van der Waals surface area contributed by atoms with Gasteiger partial charge < -0.3 is 14.8 Å². The van der Waals surface area contributed by atoms with Crippen molar-refractivity contribution in [3.63, 3.8) is 0 Å². The van der Waals surface area contributed by atoms with E-state index < -0.39 is 18.0 Å². The zero-order valence-corrected chi connectivity index (χ0v) is 13.4. The summed E-state index contributed by atoms with van der Waals surface area (Å²) in [6.45, 7) is 1.78. The number of benzene rings is 1. The molecule has 3 rings (SSSR count). The second-order valence-corrected chi connectivity index (χ2v) is 5.20. The Bertz CT molecular complexity index is 823. The normalized spacial score (nSPS) is 16.2. The van der Waals surface area contributed by atoms with E-state index in [1.807, 2.05) is 0 Å². The molecule has 1 aliphatic heterocycles. The van der Waals surface area contributed by atoms with Gasteiger partial charge in [0.2, 0.25) is 5.95 Å². The summed E-state index contributed by atoms with van der Waals surface area (Å²) in [5, 5.41) is 7.24. The molecule has 1 aliphatic rings. The third-order valence-electron chi connectivity index (χ3n) is 3.85. The number of methoxy groups -OCH3 is 2. The van der Waals surface area contributed by atoms with Gasteiger partial charge in [-0.3, -0.25) is 0 Å². The van der Waals surface area contributed by atoms with Gasteiger partial charge in [-0.25, -0.2) is 14.3 Å². The van der Waals surface area contributed by atoms with Crippen LogP contribution in [0.25, 0.3) is 0 Å². The number of esters is 2. The van der Waals surface area contributed by atoms with Gasteiger partial charge in [0.25, 0.3) is 0 Å². The first-order valence-electron chi connectivity index (χ1n) is 7.20. The number of carbonyl (C=O) groups excluding carboxylic acids is 2. The number of anilines is 1. The first-order chi connectivity index (χ1) is 11.6. The lowest BCUT2D eigenvalue weighted by Crippen LogP contribution is -2.29. The summed E-state index contributed by atoms with van der Waals surface area (Å²) >= 11 is 0. The van der Waals surface area contributed by atoms with Crippen LogP contribution in [-0.4, -0.2) is 40.9 Å². The van der Waals surface area contributed by atoms with E-state index in [0.29, 0.717) is 22.8 Å². The van der Waals surface area contributed by atoms with E-state index in [1.165, 1.54) is 20.5 Å². The number of ether oxygens (including phenoxy) is 2. The minimum atomic E-state index is -0.497. The Balaban J connectivity index is 2.09. The Labute approximate surface area is 138 Å². The summed E-state index contributed by atoms with van der Waals surface area (Å²) in [6, 6.07) is 6.30.